The predicted molar refractivity (Wildman–Crippen MR) is 48.1 cm³/mol. The van der Waals surface area contributed by atoms with Crippen molar-refractivity contribution < 1.29 is 14.2 Å². The molecule has 0 aliphatic rings. The van der Waals surface area contributed by atoms with E-state index in [1.54, 1.807) is 0 Å². The van der Waals surface area contributed by atoms with Crippen LogP contribution in [0.3, 0.4) is 0 Å². The number of aliphatic hydroxyl groups excluding tert-OH is 1. The molecule has 0 saturated heterocycles. The maximum Gasteiger partial charge on any atom is 0.125 e. The minimum absolute atomic E-state index is 0.198. The second-order valence-corrected chi connectivity index (χ2v) is 2.76. The van der Waals surface area contributed by atoms with Crippen LogP contribution in [0.15, 0.2) is 18.2 Å². The van der Waals surface area contributed by atoms with E-state index < -0.39 is 0 Å². The fourth-order valence-electron chi connectivity index (χ4n) is 1.02. The lowest BCUT2D eigenvalue weighted by molar-refractivity contribution is 0.262. The third kappa shape index (κ3) is 2.70. The molecule has 0 heterocycles. The summed E-state index contributed by atoms with van der Waals surface area (Å²) in [5.74, 6) is 0.207. The number of ether oxygens (including phenoxy) is 1. The van der Waals surface area contributed by atoms with E-state index in [9.17, 15) is 4.39 Å². The van der Waals surface area contributed by atoms with Crippen LogP contribution in [-0.2, 0) is 6.61 Å². The molecule has 1 aromatic carbocycles. The Morgan fingerprint density at radius 2 is 2.23 bits per heavy atom. The summed E-state index contributed by atoms with van der Waals surface area (Å²) in [7, 11) is 0. The van der Waals surface area contributed by atoms with Gasteiger partial charge in [-0.25, -0.2) is 4.39 Å². The molecule has 0 radical (unpaired) electrons. The summed E-state index contributed by atoms with van der Waals surface area (Å²) in [6.07, 6.45) is 0.891. The van der Waals surface area contributed by atoms with Crippen molar-refractivity contribution in [1.29, 1.82) is 0 Å². The Balaban J connectivity index is 2.79. The molecule has 0 amide bonds. The number of halogens is 1. The first kappa shape index (κ1) is 9.99. The predicted octanol–water partition coefficient (Wildman–Crippen LogP) is 2.11. The normalized spacial score (nSPS) is 10.1. The van der Waals surface area contributed by atoms with E-state index >= 15 is 0 Å². The van der Waals surface area contributed by atoms with E-state index in [4.69, 9.17) is 9.84 Å². The van der Waals surface area contributed by atoms with E-state index in [-0.39, 0.29) is 12.4 Å². The molecule has 1 N–H and O–H groups in total. The van der Waals surface area contributed by atoms with Gasteiger partial charge in [0.1, 0.15) is 11.6 Å². The summed E-state index contributed by atoms with van der Waals surface area (Å²) >= 11 is 0. The average molecular weight is 184 g/mol. The minimum atomic E-state index is -0.354. The van der Waals surface area contributed by atoms with Crippen LogP contribution in [0.4, 0.5) is 4.39 Å². The largest absolute Gasteiger partial charge is 0.493 e. The van der Waals surface area contributed by atoms with Gasteiger partial charge in [0.05, 0.1) is 13.2 Å². The van der Waals surface area contributed by atoms with Crippen molar-refractivity contribution in [2.75, 3.05) is 6.61 Å². The van der Waals surface area contributed by atoms with Crippen LogP contribution in [0.5, 0.6) is 5.75 Å². The number of benzene rings is 1. The van der Waals surface area contributed by atoms with Crippen molar-refractivity contribution in [2.24, 2.45) is 0 Å². The highest BCUT2D eigenvalue weighted by Crippen LogP contribution is 2.19. The zero-order valence-corrected chi connectivity index (χ0v) is 7.59. The van der Waals surface area contributed by atoms with E-state index in [1.165, 1.54) is 18.2 Å². The summed E-state index contributed by atoms with van der Waals surface area (Å²) in [4.78, 5) is 0. The van der Waals surface area contributed by atoms with Crippen LogP contribution in [0.25, 0.3) is 0 Å². The standard InChI is InChI=1S/C10H13FO2/c1-2-5-13-10-4-3-9(11)6-8(10)7-12/h3-4,6,12H,2,5,7H2,1H3. The van der Waals surface area contributed by atoms with E-state index in [0.717, 1.165) is 6.42 Å². The summed E-state index contributed by atoms with van der Waals surface area (Å²) in [6, 6.07) is 4.14. The molecule has 0 fully saturated rings. The topological polar surface area (TPSA) is 29.5 Å². The molecule has 0 saturated carbocycles. The van der Waals surface area contributed by atoms with Crippen LogP contribution in [0, 0.1) is 5.82 Å². The van der Waals surface area contributed by atoms with E-state index in [0.29, 0.717) is 17.9 Å². The maximum atomic E-state index is 12.7. The molecular formula is C10H13FO2. The Hall–Kier alpha value is -1.09. The molecule has 2 nitrogen and oxygen atoms in total. The Morgan fingerprint density at radius 3 is 2.85 bits per heavy atom. The Kier molecular flexibility index (Phi) is 3.71. The zero-order valence-electron chi connectivity index (χ0n) is 7.59. The molecule has 0 aliphatic heterocycles. The first-order chi connectivity index (χ1) is 6.27. The lowest BCUT2D eigenvalue weighted by atomic mass is 10.2. The average Bonchev–Trinajstić information content (AvgIpc) is 2.16. The van der Waals surface area contributed by atoms with Crippen LogP contribution in [0.1, 0.15) is 18.9 Å². The highest BCUT2D eigenvalue weighted by molar-refractivity contribution is 5.33. The molecule has 3 heteroatoms. The molecule has 1 rings (SSSR count). The van der Waals surface area contributed by atoms with Gasteiger partial charge in [0.2, 0.25) is 0 Å². The molecule has 72 valence electrons. The molecule has 0 bridgehead atoms. The lowest BCUT2D eigenvalue weighted by Gasteiger charge is -2.08. The van der Waals surface area contributed by atoms with Gasteiger partial charge in [0, 0.05) is 5.56 Å². The van der Waals surface area contributed by atoms with Gasteiger partial charge in [0.25, 0.3) is 0 Å². The molecule has 0 unspecified atom stereocenters. The van der Waals surface area contributed by atoms with Crippen LogP contribution >= 0.6 is 0 Å². The van der Waals surface area contributed by atoms with Crippen LogP contribution < -0.4 is 4.74 Å². The Morgan fingerprint density at radius 1 is 1.46 bits per heavy atom. The van der Waals surface area contributed by atoms with E-state index in [1.807, 2.05) is 6.92 Å². The van der Waals surface area contributed by atoms with E-state index in [2.05, 4.69) is 0 Å². The summed E-state index contributed by atoms with van der Waals surface area (Å²) in [5.41, 5.74) is 0.494. The van der Waals surface area contributed by atoms with Crippen molar-refractivity contribution in [3.63, 3.8) is 0 Å². The summed E-state index contributed by atoms with van der Waals surface area (Å²) < 4.78 is 18.0. The van der Waals surface area contributed by atoms with Crippen molar-refractivity contribution >= 4 is 0 Å². The van der Waals surface area contributed by atoms with Gasteiger partial charge in [-0.15, -0.1) is 0 Å². The molecule has 0 atom stereocenters. The lowest BCUT2D eigenvalue weighted by Crippen LogP contribution is -1.99. The highest BCUT2D eigenvalue weighted by Gasteiger charge is 2.03. The quantitative estimate of drug-likeness (QED) is 0.776. The van der Waals surface area contributed by atoms with Crippen molar-refractivity contribution in [3.05, 3.63) is 29.6 Å². The fraction of sp³-hybridized carbons (Fsp3) is 0.400. The monoisotopic (exact) mass is 184 g/mol. The molecular weight excluding hydrogens is 171 g/mol. The Bertz CT molecular complexity index is 274. The summed E-state index contributed by atoms with van der Waals surface area (Å²) in [5, 5.41) is 8.90. The van der Waals surface area contributed by atoms with Gasteiger partial charge < -0.3 is 9.84 Å². The SMILES string of the molecule is CCCOc1ccc(F)cc1CO. The zero-order chi connectivity index (χ0) is 9.68. The van der Waals surface area contributed by atoms with Gasteiger partial charge in [0.15, 0.2) is 0 Å². The van der Waals surface area contributed by atoms with Gasteiger partial charge in [-0.3, -0.25) is 0 Å². The van der Waals surface area contributed by atoms with Crippen molar-refractivity contribution in [2.45, 2.75) is 20.0 Å². The second kappa shape index (κ2) is 4.82. The third-order valence-electron chi connectivity index (χ3n) is 1.65. The van der Waals surface area contributed by atoms with Crippen molar-refractivity contribution in [1.82, 2.24) is 0 Å². The van der Waals surface area contributed by atoms with Gasteiger partial charge in [-0.2, -0.15) is 0 Å². The maximum absolute atomic E-state index is 12.7. The van der Waals surface area contributed by atoms with Crippen LogP contribution in [0.2, 0.25) is 0 Å². The third-order valence-corrected chi connectivity index (χ3v) is 1.65. The van der Waals surface area contributed by atoms with Crippen LogP contribution in [-0.4, -0.2) is 11.7 Å². The Labute approximate surface area is 77.0 Å². The first-order valence-electron chi connectivity index (χ1n) is 4.30. The first-order valence-corrected chi connectivity index (χ1v) is 4.30. The fourth-order valence-corrected chi connectivity index (χ4v) is 1.02. The molecule has 0 spiro atoms. The molecule has 0 aliphatic carbocycles. The smallest absolute Gasteiger partial charge is 0.125 e. The summed E-state index contributed by atoms with van der Waals surface area (Å²) in [6.45, 7) is 2.37. The van der Waals surface area contributed by atoms with Gasteiger partial charge >= 0.3 is 0 Å². The molecule has 0 aromatic heterocycles. The minimum Gasteiger partial charge on any atom is -0.493 e. The number of hydrogen-bond acceptors (Lipinski definition) is 2. The van der Waals surface area contributed by atoms with Crippen molar-refractivity contribution in [3.8, 4) is 5.75 Å². The van der Waals surface area contributed by atoms with Gasteiger partial charge in [-0.05, 0) is 24.6 Å². The van der Waals surface area contributed by atoms with Gasteiger partial charge in [-0.1, -0.05) is 6.92 Å². The number of aliphatic hydroxyl groups is 1. The number of hydrogen-bond donors (Lipinski definition) is 1. The number of rotatable bonds is 4. The highest BCUT2D eigenvalue weighted by atomic mass is 19.1. The molecule has 1 aromatic rings. The second-order valence-electron chi connectivity index (χ2n) is 2.76. The molecule has 13 heavy (non-hydrogen) atoms.